The van der Waals surface area contributed by atoms with E-state index < -0.39 is 0 Å². The highest BCUT2D eigenvalue weighted by Gasteiger charge is 2.22. The number of rotatable bonds is 0. The van der Waals surface area contributed by atoms with E-state index in [-0.39, 0.29) is 6.23 Å². The van der Waals surface area contributed by atoms with E-state index >= 15 is 0 Å². The smallest absolute Gasteiger partial charge is 0.305 e. The van der Waals surface area contributed by atoms with E-state index in [0.29, 0.717) is 13.2 Å². The summed E-state index contributed by atoms with van der Waals surface area (Å²) < 4.78 is 4.95. The van der Waals surface area contributed by atoms with E-state index in [2.05, 4.69) is 10.3 Å². The molecule has 0 aromatic carbocycles. The van der Waals surface area contributed by atoms with Gasteiger partial charge in [-0.2, -0.15) is 0 Å². The summed E-state index contributed by atoms with van der Waals surface area (Å²) in [4.78, 5) is 2.96. The molecule has 1 saturated heterocycles. The maximum atomic E-state index is 8.15. The fourth-order valence-electron chi connectivity index (χ4n) is 0.626. The second kappa shape index (κ2) is 2.60. The van der Waals surface area contributed by atoms with Gasteiger partial charge in [-0.3, -0.25) is 0 Å². The molecule has 0 amide bonds. The molecule has 1 rings (SSSR count). The van der Waals surface area contributed by atoms with E-state index in [0.717, 1.165) is 6.54 Å². The lowest BCUT2D eigenvalue weighted by Crippen LogP contribution is -2.36. The van der Waals surface area contributed by atoms with E-state index in [4.69, 9.17) is 10.1 Å². The average molecular weight is 114 g/mol. The standard InChI is InChI=1S/C4H8N3O/c5-7-4-3-6-1-2-8-4/h4,6H,1-3H2/q+1. The van der Waals surface area contributed by atoms with Crippen LogP contribution in [-0.2, 0) is 4.74 Å². The fourth-order valence-corrected chi connectivity index (χ4v) is 0.626. The molecule has 0 saturated carbocycles. The summed E-state index contributed by atoms with van der Waals surface area (Å²) in [6.07, 6.45) is -0.344. The molecule has 0 aromatic heterocycles. The second-order valence-corrected chi connectivity index (χ2v) is 1.65. The third-order valence-corrected chi connectivity index (χ3v) is 1.04. The predicted molar refractivity (Wildman–Crippen MR) is 27.7 cm³/mol. The van der Waals surface area contributed by atoms with Crippen molar-refractivity contribution >= 4 is 0 Å². The Morgan fingerprint density at radius 2 is 2.62 bits per heavy atom. The molecule has 0 bridgehead atoms. The summed E-state index contributed by atoms with van der Waals surface area (Å²) in [5, 5.41) is 11.2. The van der Waals surface area contributed by atoms with E-state index in [1.807, 2.05) is 0 Å². The molecule has 0 aliphatic carbocycles. The summed E-state index contributed by atoms with van der Waals surface area (Å²) in [5.74, 6) is 0. The Bertz CT molecular complexity index is 102. The van der Waals surface area contributed by atoms with Crippen LogP contribution in [0.5, 0.6) is 0 Å². The van der Waals surface area contributed by atoms with E-state index in [9.17, 15) is 0 Å². The first-order chi connectivity index (χ1) is 3.93. The summed E-state index contributed by atoms with van der Waals surface area (Å²) in [6, 6.07) is 0. The Labute approximate surface area is 47.5 Å². The molecule has 0 spiro atoms. The van der Waals surface area contributed by atoms with Gasteiger partial charge in [-0.15, -0.1) is 0 Å². The van der Waals surface area contributed by atoms with Crippen molar-refractivity contribution in [2.24, 2.45) is 0 Å². The molecule has 8 heavy (non-hydrogen) atoms. The highest BCUT2D eigenvalue weighted by atomic mass is 16.5. The van der Waals surface area contributed by atoms with Gasteiger partial charge in [0.15, 0.2) is 4.98 Å². The van der Waals surface area contributed by atoms with Crippen molar-refractivity contribution in [1.29, 1.82) is 5.39 Å². The van der Waals surface area contributed by atoms with Crippen LogP contribution in [0.15, 0.2) is 0 Å². The van der Waals surface area contributed by atoms with Crippen LogP contribution in [-0.4, -0.2) is 25.9 Å². The molecule has 1 atom stereocenters. The van der Waals surface area contributed by atoms with Crippen LogP contribution in [0.4, 0.5) is 0 Å². The molecule has 4 nitrogen and oxygen atoms in total. The minimum Gasteiger partial charge on any atom is -0.305 e. The van der Waals surface area contributed by atoms with Gasteiger partial charge in [-0.25, -0.2) is 0 Å². The number of ether oxygens (including phenoxy) is 1. The van der Waals surface area contributed by atoms with Gasteiger partial charge in [-0.05, 0) is 0 Å². The predicted octanol–water partition coefficient (Wildman–Crippen LogP) is -0.215. The summed E-state index contributed by atoms with van der Waals surface area (Å²) in [6.45, 7) is 2.11. The van der Waals surface area contributed by atoms with Gasteiger partial charge in [0.05, 0.1) is 6.61 Å². The molecule has 1 N–H and O–H groups in total. The lowest BCUT2D eigenvalue weighted by Gasteiger charge is -2.08. The van der Waals surface area contributed by atoms with Gasteiger partial charge in [0.1, 0.15) is 6.54 Å². The van der Waals surface area contributed by atoms with E-state index in [1.54, 1.807) is 0 Å². The first-order valence-electron chi connectivity index (χ1n) is 2.60. The highest BCUT2D eigenvalue weighted by molar-refractivity contribution is 4.71. The van der Waals surface area contributed by atoms with Crippen molar-refractivity contribution in [3.8, 4) is 0 Å². The number of nitrogens with one attached hydrogen (secondary N) is 1. The number of diazo groups is 1. The zero-order valence-electron chi connectivity index (χ0n) is 4.50. The summed E-state index contributed by atoms with van der Waals surface area (Å²) in [7, 11) is 0. The monoisotopic (exact) mass is 114 g/mol. The molecule has 1 unspecified atom stereocenters. The minimum atomic E-state index is -0.344. The van der Waals surface area contributed by atoms with Crippen molar-refractivity contribution in [2.45, 2.75) is 6.23 Å². The first-order valence-corrected chi connectivity index (χ1v) is 2.60. The zero-order chi connectivity index (χ0) is 5.82. The molecular formula is C4H8N3O+. The molecule has 1 fully saturated rings. The van der Waals surface area contributed by atoms with Gasteiger partial charge in [0, 0.05) is 6.54 Å². The van der Waals surface area contributed by atoms with Gasteiger partial charge < -0.3 is 10.1 Å². The zero-order valence-corrected chi connectivity index (χ0v) is 4.50. The summed E-state index contributed by atoms with van der Waals surface area (Å²) >= 11 is 0. The van der Waals surface area contributed by atoms with Crippen LogP contribution in [0.1, 0.15) is 0 Å². The van der Waals surface area contributed by atoms with E-state index in [1.165, 1.54) is 0 Å². The van der Waals surface area contributed by atoms with Crippen LogP contribution in [0.25, 0.3) is 4.98 Å². The van der Waals surface area contributed by atoms with Gasteiger partial charge in [0.25, 0.3) is 0 Å². The van der Waals surface area contributed by atoms with Crippen LogP contribution in [0.2, 0.25) is 0 Å². The quantitative estimate of drug-likeness (QED) is 0.443. The topological polar surface area (TPSA) is 49.4 Å². The Balaban J connectivity index is 2.25. The van der Waals surface area contributed by atoms with Crippen LogP contribution >= 0.6 is 0 Å². The lowest BCUT2D eigenvalue weighted by molar-refractivity contribution is 0.0559. The molecule has 0 radical (unpaired) electrons. The molecule has 1 heterocycles. The molecule has 1 aliphatic heterocycles. The van der Waals surface area contributed by atoms with Crippen molar-refractivity contribution in [3.63, 3.8) is 0 Å². The average Bonchev–Trinajstić information content (AvgIpc) is 1.90. The van der Waals surface area contributed by atoms with Gasteiger partial charge >= 0.3 is 6.23 Å². The lowest BCUT2D eigenvalue weighted by atomic mass is 10.5. The second-order valence-electron chi connectivity index (χ2n) is 1.65. The molecule has 1 aliphatic rings. The maximum Gasteiger partial charge on any atom is 0.431 e. The Hall–Kier alpha value is -0.660. The van der Waals surface area contributed by atoms with Crippen molar-refractivity contribution < 1.29 is 4.74 Å². The minimum absolute atomic E-state index is 0.344. The Morgan fingerprint density at radius 1 is 1.75 bits per heavy atom. The number of hydrogen-bond acceptors (Lipinski definition) is 3. The first kappa shape index (κ1) is 5.48. The Morgan fingerprint density at radius 3 is 3.00 bits per heavy atom. The highest BCUT2D eigenvalue weighted by Crippen LogP contribution is 1.94. The number of hydrogen-bond donors (Lipinski definition) is 1. The number of morpholine rings is 1. The molecular weight excluding hydrogens is 106 g/mol. The Kier molecular flexibility index (Phi) is 1.78. The maximum absolute atomic E-state index is 8.15. The van der Waals surface area contributed by atoms with Gasteiger partial charge in [-0.1, -0.05) is 0 Å². The SMILES string of the molecule is N#[N+]C1CNCCO1. The van der Waals surface area contributed by atoms with Gasteiger partial charge in [0.2, 0.25) is 5.39 Å². The fraction of sp³-hybridized carbons (Fsp3) is 1.00. The molecule has 44 valence electrons. The van der Waals surface area contributed by atoms with Crippen LogP contribution in [0.3, 0.4) is 0 Å². The van der Waals surface area contributed by atoms with Crippen molar-refractivity contribution in [3.05, 3.63) is 4.98 Å². The number of nitrogens with zero attached hydrogens (tertiary/aromatic N) is 2. The molecule has 4 heteroatoms. The van der Waals surface area contributed by atoms with Crippen LogP contribution < -0.4 is 5.32 Å². The largest absolute Gasteiger partial charge is 0.431 e. The van der Waals surface area contributed by atoms with Crippen LogP contribution in [0, 0.1) is 5.39 Å². The normalized spacial score (nSPS) is 29.1. The van der Waals surface area contributed by atoms with Crippen molar-refractivity contribution in [2.75, 3.05) is 19.7 Å². The summed E-state index contributed by atoms with van der Waals surface area (Å²) in [5.41, 5.74) is 0. The van der Waals surface area contributed by atoms with Crippen molar-refractivity contribution in [1.82, 2.24) is 5.32 Å². The third-order valence-electron chi connectivity index (χ3n) is 1.04. The molecule has 0 aromatic rings. The third kappa shape index (κ3) is 1.15.